The Balaban J connectivity index is 1.54. The number of halogens is 3. The van der Waals surface area contributed by atoms with Gasteiger partial charge in [0.25, 0.3) is 0 Å². The highest BCUT2D eigenvalue weighted by Crippen LogP contribution is 2.25. The number of ether oxygens (including phenoxy) is 1. The van der Waals surface area contributed by atoms with Gasteiger partial charge in [0.2, 0.25) is 11.8 Å². The van der Waals surface area contributed by atoms with E-state index < -0.39 is 46.7 Å². The lowest BCUT2D eigenvalue weighted by atomic mass is 10.2. The number of aromatic nitrogens is 2. The van der Waals surface area contributed by atoms with E-state index in [1.54, 1.807) is 32.2 Å². The number of nitrogens with zero attached hydrogens (tertiary/aromatic N) is 1. The quantitative estimate of drug-likeness (QED) is 0.389. The molecule has 2 aromatic carbocycles. The van der Waals surface area contributed by atoms with E-state index in [0.717, 1.165) is 23.3 Å². The Morgan fingerprint density at radius 3 is 2.70 bits per heavy atom. The summed E-state index contributed by atoms with van der Waals surface area (Å²) >= 11 is 1.15. The minimum absolute atomic E-state index is 0.459. The largest absolute Gasteiger partial charge is 0.497 e. The van der Waals surface area contributed by atoms with Gasteiger partial charge in [-0.2, -0.15) is 0 Å². The topological polar surface area (TPSA) is 96.1 Å². The summed E-state index contributed by atoms with van der Waals surface area (Å²) in [5.41, 5.74) is 0.935. The number of H-pyrrole nitrogens is 1. The third kappa shape index (κ3) is 4.85. The number of fused-ring (bicyclic) bond motifs is 1. The number of imidazole rings is 1. The van der Waals surface area contributed by atoms with Gasteiger partial charge in [-0.15, -0.1) is 0 Å². The zero-order valence-corrected chi connectivity index (χ0v) is 16.7. The molecule has 7 nitrogen and oxygen atoms in total. The van der Waals surface area contributed by atoms with Crippen molar-refractivity contribution in [3.63, 3.8) is 0 Å². The molecule has 0 fully saturated rings. The highest BCUT2D eigenvalue weighted by atomic mass is 32.2. The zero-order chi connectivity index (χ0) is 21.8. The van der Waals surface area contributed by atoms with Crippen LogP contribution in [0.15, 0.2) is 35.5 Å². The number of carbonyl (C=O) groups is 2. The van der Waals surface area contributed by atoms with Crippen LogP contribution >= 0.6 is 11.8 Å². The van der Waals surface area contributed by atoms with Gasteiger partial charge in [0.15, 0.2) is 22.6 Å². The predicted octanol–water partition coefficient (Wildman–Crippen LogP) is 3.22. The van der Waals surface area contributed by atoms with E-state index >= 15 is 0 Å². The molecule has 1 heterocycles. The van der Waals surface area contributed by atoms with Gasteiger partial charge in [-0.1, -0.05) is 11.8 Å². The molecule has 0 aliphatic heterocycles. The summed E-state index contributed by atoms with van der Waals surface area (Å²) in [7, 11) is 1.55. The summed E-state index contributed by atoms with van der Waals surface area (Å²) in [5, 5.41) is 4.39. The maximum absolute atomic E-state index is 13.6. The van der Waals surface area contributed by atoms with Crippen LogP contribution in [0.2, 0.25) is 0 Å². The third-order valence-corrected chi connectivity index (χ3v) is 5.04. The fourth-order valence-electron chi connectivity index (χ4n) is 2.50. The molecule has 158 valence electrons. The summed E-state index contributed by atoms with van der Waals surface area (Å²) in [6.45, 7) is 1.15. The fraction of sp³-hybridized carbons (Fsp3) is 0.211. The number of nitrogens with one attached hydrogen (secondary N) is 3. The SMILES string of the molecule is COc1ccc2nc(SC(C)C(=O)NCC(=O)Nc3ccc(F)c(F)c3F)[nH]c2c1. The van der Waals surface area contributed by atoms with Crippen molar-refractivity contribution < 1.29 is 27.5 Å². The van der Waals surface area contributed by atoms with Crippen LogP contribution in [-0.4, -0.2) is 40.7 Å². The molecule has 30 heavy (non-hydrogen) atoms. The number of anilines is 1. The van der Waals surface area contributed by atoms with Gasteiger partial charge in [-0.25, -0.2) is 18.2 Å². The number of carbonyl (C=O) groups excluding carboxylic acids is 2. The Hall–Kier alpha value is -3.21. The molecule has 3 N–H and O–H groups in total. The smallest absolute Gasteiger partial charge is 0.243 e. The Morgan fingerprint density at radius 2 is 1.97 bits per heavy atom. The highest BCUT2D eigenvalue weighted by Gasteiger charge is 2.19. The Kier molecular flexibility index (Phi) is 6.50. The van der Waals surface area contributed by atoms with Gasteiger partial charge in [-0.05, 0) is 31.2 Å². The van der Waals surface area contributed by atoms with Gasteiger partial charge in [0, 0.05) is 6.07 Å². The van der Waals surface area contributed by atoms with Crippen molar-refractivity contribution in [1.29, 1.82) is 0 Å². The number of hydrogen-bond acceptors (Lipinski definition) is 5. The predicted molar refractivity (Wildman–Crippen MR) is 106 cm³/mol. The van der Waals surface area contributed by atoms with Crippen LogP contribution in [0.3, 0.4) is 0 Å². The molecule has 0 radical (unpaired) electrons. The molecule has 0 saturated heterocycles. The van der Waals surface area contributed by atoms with Crippen LogP contribution < -0.4 is 15.4 Å². The van der Waals surface area contributed by atoms with Crippen molar-refractivity contribution in [3.05, 3.63) is 47.8 Å². The molecule has 0 spiro atoms. The number of rotatable bonds is 7. The molecule has 0 saturated carbocycles. The van der Waals surface area contributed by atoms with Gasteiger partial charge in [0.1, 0.15) is 5.75 Å². The van der Waals surface area contributed by atoms with Gasteiger partial charge >= 0.3 is 0 Å². The number of thioether (sulfide) groups is 1. The lowest BCUT2D eigenvalue weighted by molar-refractivity contribution is -0.123. The van der Waals surface area contributed by atoms with Crippen LogP contribution in [0.25, 0.3) is 11.0 Å². The first kappa shape index (κ1) is 21.5. The molecule has 1 aromatic heterocycles. The van der Waals surface area contributed by atoms with Crippen molar-refractivity contribution in [2.45, 2.75) is 17.3 Å². The second-order valence-electron chi connectivity index (χ2n) is 6.17. The number of amides is 2. The third-order valence-electron chi connectivity index (χ3n) is 4.06. The van der Waals surface area contributed by atoms with Crippen LogP contribution in [0, 0.1) is 17.5 Å². The Bertz CT molecular complexity index is 1110. The first-order valence-corrected chi connectivity index (χ1v) is 9.58. The molecule has 2 amide bonds. The molecule has 0 aliphatic carbocycles. The number of methoxy groups -OCH3 is 1. The molecule has 1 unspecified atom stereocenters. The van der Waals surface area contributed by atoms with Crippen molar-refractivity contribution in [1.82, 2.24) is 15.3 Å². The molecule has 1 atom stereocenters. The summed E-state index contributed by atoms with van der Waals surface area (Å²) in [4.78, 5) is 31.6. The Labute approximate surface area is 173 Å². The summed E-state index contributed by atoms with van der Waals surface area (Å²) in [5.74, 6) is -5.16. The van der Waals surface area contributed by atoms with Crippen LogP contribution in [-0.2, 0) is 9.59 Å². The average Bonchev–Trinajstić information content (AvgIpc) is 3.13. The van der Waals surface area contributed by atoms with E-state index in [1.165, 1.54) is 0 Å². The van der Waals surface area contributed by atoms with E-state index in [1.807, 2.05) is 0 Å². The molecule has 3 rings (SSSR count). The van der Waals surface area contributed by atoms with Crippen molar-refractivity contribution in [3.8, 4) is 5.75 Å². The second kappa shape index (κ2) is 9.08. The monoisotopic (exact) mass is 438 g/mol. The highest BCUT2D eigenvalue weighted by molar-refractivity contribution is 8.00. The number of benzene rings is 2. The molecule has 0 bridgehead atoms. The normalized spacial score (nSPS) is 11.9. The van der Waals surface area contributed by atoms with E-state index in [0.29, 0.717) is 22.5 Å². The van der Waals surface area contributed by atoms with Crippen LogP contribution in [0.4, 0.5) is 18.9 Å². The summed E-state index contributed by atoms with van der Waals surface area (Å²) < 4.78 is 44.9. The van der Waals surface area contributed by atoms with Crippen molar-refractivity contribution >= 4 is 40.3 Å². The maximum Gasteiger partial charge on any atom is 0.243 e. The second-order valence-corrected chi connectivity index (χ2v) is 7.50. The van der Waals surface area contributed by atoms with Crippen molar-refractivity contribution in [2.24, 2.45) is 0 Å². The first-order chi connectivity index (χ1) is 14.3. The number of hydrogen-bond donors (Lipinski definition) is 3. The summed E-state index contributed by atoms with van der Waals surface area (Å²) in [6.07, 6.45) is 0. The lowest BCUT2D eigenvalue weighted by Crippen LogP contribution is -2.37. The Morgan fingerprint density at radius 1 is 1.20 bits per heavy atom. The summed E-state index contributed by atoms with van der Waals surface area (Å²) in [6, 6.07) is 6.90. The standard InChI is InChI=1S/C19H17F3N4O3S/c1-9(30-19-25-12-5-3-10(29-2)7-14(12)26-19)18(28)23-8-15(27)24-13-6-4-11(20)16(21)17(13)22/h3-7,9H,8H2,1-2H3,(H,23,28)(H,24,27)(H,25,26). The number of aromatic amines is 1. The molecule has 11 heteroatoms. The minimum Gasteiger partial charge on any atom is -0.497 e. The molecule has 0 aliphatic rings. The van der Waals surface area contributed by atoms with Gasteiger partial charge in [-0.3, -0.25) is 9.59 Å². The maximum atomic E-state index is 13.6. The minimum atomic E-state index is -1.69. The van der Waals surface area contributed by atoms with Crippen molar-refractivity contribution in [2.75, 3.05) is 19.0 Å². The van der Waals surface area contributed by atoms with Crippen LogP contribution in [0.5, 0.6) is 5.75 Å². The van der Waals surface area contributed by atoms with E-state index in [9.17, 15) is 22.8 Å². The average molecular weight is 438 g/mol. The zero-order valence-electron chi connectivity index (χ0n) is 15.9. The van der Waals surface area contributed by atoms with E-state index in [2.05, 4.69) is 20.6 Å². The molecular weight excluding hydrogens is 421 g/mol. The van der Waals surface area contributed by atoms with E-state index in [4.69, 9.17) is 4.74 Å². The van der Waals surface area contributed by atoms with E-state index in [-0.39, 0.29) is 0 Å². The molecular formula is C19H17F3N4O3S. The van der Waals surface area contributed by atoms with Crippen LogP contribution in [0.1, 0.15) is 6.92 Å². The molecule has 3 aromatic rings. The lowest BCUT2D eigenvalue weighted by Gasteiger charge is -2.11. The van der Waals surface area contributed by atoms with Gasteiger partial charge < -0.3 is 20.4 Å². The fourth-order valence-corrected chi connectivity index (χ4v) is 3.34. The first-order valence-electron chi connectivity index (χ1n) is 8.70. The van der Waals surface area contributed by atoms with Gasteiger partial charge in [0.05, 0.1) is 35.6 Å².